The van der Waals surface area contributed by atoms with Crippen molar-refractivity contribution in [3.8, 4) is 6.07 Å². The van der Waals surface area contributed by atoms with Crippen LogP contribution in [0.2, 0.25) is 0 Å². The van der Waals surface area contributed by atoms with E-state index in [0.29, 0.717) is 11.1 Å². The summed E-state index contributed by atoms with van der Waals surface area (Å²) in [6.45, 7) is 0. The zero-order valence-corrected chi connectivity index (χ0v) is 13.9. The van der Waals surface area contributed by atoms with Crippen molar-refractivity contribution in [2.75, 3.05) is 0 Å². The normalized spacial score (nSPS) is 11.7. The first kappa shape index (κ1) is 17.3. The summed E-state index contributed by atoms with van der Waals surface area (Å²) in [5, 5.41) is 19.4. The lowest BCUT2D eigenvalue weighted by Crippen LogP contribution is -2.21. The minimum absolute atomic E-state index is 0.141. The Morgan fingerprint density at radius 3 is 2.65 bits per heavy atom. The molecule has 0 aliphatic carbocycles. The van der Waals surface area contributed by atoms with Gasteiger partial charge in [-0.25, -0.2) is 4.98 Å². The number of carboxylic acids is 1. The quantitative estimate of drug-likeness (QED) is 0.690. The number of nitriles is 1. The Balaban J connectivity index is 1.79. The summed E-state index contributed by atoms with van der Waals surface area (Å²) in [6, 6.07) is 19.7. The first-order valence-electron chi connectivity index (χ1n) is 8.17. The SMILES string of the molecule is N#Cc1cccc(CC(CC(=O)c2ccc3ccccc3n2)C(=O)O)c1. The van der Waals surface area contributed by atoms with Gasteiger partial charge in [-0.1, -0.05) is 36.4 Å². The highest BCUT2D eigenvalue weighted by molar-refractivity contribution is 5.98. The molecule has 1 heterocycles. The van der Waals surface area contributed by atoms with Crippen LogP contribution < -0.4 is 0 Å². The smallest absolute Gasteiger partial charge is 0.307 e. The molecule has 0 spiro atoms. The van der Waals surface area contributed by atoms with Gasteiger partial charge in [-0.3, -0.25) is 9.59 Å². The van der Waals surface area contributed by atoms with Crippen LogP contribution in [0.5, 0.6) is 0 Å². The molecule has 0 fully saturated rings. The molecule has 0 radical (unpaired) electrons. The highest BCUT2D eigenvalue weighted by atomic mass is 16.4. The molecule has 0 amide bonds. The van der Waals surface area contributed by atoms with Gasteiger partial charge in [0.05, 0.1) is 23.1 Å². The van der Waals surface area contributed by atoms with Crippen molar-refractivity contribution >= 4 is 22.7 Å². The van der Waals surface area contributed by atoms with Crippen molar-refractivity contribution in [1.29, 1.82) is 5.26 Å². The first-order chi connectivity index (χ1) is 12.6. The number of rotatable bonds is 6. The molecule has 1 N–H and O–H groups in total. The van der Waals surface area contributed by atoms with Crippen LogP contribution in [-0.2, 0) is 11.2 Å². The molecule has 5 heteroatoms. The number of ketones is 1. The number of pyridine rings is 1. The second-order valence-electron chi connectivity index (χ2n) is 6.07. The minimum Gasteiger partial charge on any atom is -0.481 e. The van der Waals surface area contributed by atoms with Gasteiger partial charge < -0.3 is 5.11 Å². The minimum atomic E-state index is -1.04. The lowest BCUT2D eigenvalue weighted by Gasteiger charge is -2.12. The summed E-state index contributed by atoms with van der Waals surface area (Å²) < 4.78 is 0. The van der Waals surface area contributed by atoms with Crippen molar-refractivity contribution in [2.45, 2.75) is 12.8 Å². The highest BCUT2D eigenvalue weighted by Crippen LogP contribution is 2.18. The van der Waals surface area contributed by atoms with Gasteiger partial charge >= 0.3 is 5.97 Å². The fraction of sp³-hybridized carbons (Fsp3) is 0.143. The largest absolute Gasteiger partial charge is 0.481 e. The molecule has 0 bridgehead atoms. The molecule has 0 saturated heterocycles. The third kappa shape index (κ3) is 3.93. The number of para-hydroxylation sites is 1. The summed E-state index contributed by atoms with van der Waals surface area (Å²) in [6.07, 6.45) is 0.0433. The van der Waals surface area contributed by atoms with E-state index in [9.17, 15) is 14.7 Å². The lowest BCUT2D eigenvalue weighted by molar-refractivity contribution is -0.141. The zero-order valence-electron chi connectivity index (χ0n) is 13.9. The molecular weight excluding hydrogens is 328 g/mol. The maximum Gasteiger partial charge on any atom is 0.307 e. The molecule has 5 nitrogen and oxygen atoms in total. The number of aliphatic carboxylic acids is 1. The molecule has 0 aliphatic heterocycles. The number of nitrogens with zero attached hydrogens (tertiary/aromatic N) is 2. The van der Waals surface area contributed by atoms with Crippen LogP contribution in [-0.4, -0.2) is 21.8 Å². The summed E-state index contributed by atoms with van der Waals surface area (Å²) in [7, 11) is 0. The molecule has 26 heavy (non-hydrogen) atoms. The molecule has 0 aliphatic rings. The summed E-state index contributed by atoms with van der Waals surface area (Å²) in [4.78, 5) is 28.5. The van der Waals surface area contributed by atoms with Crippen molar-refractivity contribution < 1.29 is 14.7 Å². The van der Waals surface area contributed by atoms with E-state index < -0.39 is 11.9 Å². The zero-order chi connectivity index (χ0) is 18.5. The first-order valence-corrected chi connectivity index (χ1v) is 8.17. The van der Waals surface area contributed by atoms with Crippen LogP contribution in [0.15, 0.2) is 60.7 Å². The monoisotopic (exact) mass is 344 g/mol. The van der Waals surface area contributed by atoms with Gasteiger partial charge in [-0.2, -0.15) is 5.26 Å². The van der Waals surface area contributed by atoms with E-state index in [-0.39, 0.29) is 24.3 Å². The van der Waals surface area contributed by atoms with Crippen LogP contribution in [0.25, 0.3) is 10.9 Å². The van der Waals surface area contributed by atoms with Crippen LogP contribution in [0.3, 0.4) is 0 Å². The molecule has 1 aromatic heterocycles. The van der Waals surface area contributed by atoms with Gasteiger partial charge in [0.2, 0.25) is 0 Å². The van der Waals surface area contributed by atoms with Gasteiger partial charge in [-0.15, -0.1) is 0 Å². The van der Waals surface area contributed by atoms with Crippen LogP contribution in [0, 0.1) is 17.2 Å². The number of carbonyl (C=O) groups excluding carboxylic acids is 1. The number of Topliss-reactive ketones (excluding diaryl/α,β-unsaturated/α-hetero) is 1. The number of benzene rings is 2. The topological polar surface area (TPSA) is 91.0 Å². The van der Waals surface area contributed by atoms with E-state index in [1.54, 1.807) is 30.3 Å². The standard InChI is InChI=1S/C21H16N2O3/c22-13-15-5-3-4-14(10-15)11-17(21(25)26)12-20(24)19-9-8-16-6-1-2-7-18(16)23-19/h1-10,17H,11-12H2,(H,25,26). The Morgan fingerprint density at radius 1 is 1.08 bits per heavy atom. The number of hydrogen-bond acceptors (Lipinski definition) is 4. The maximum atomic E-state index is 12.5. The van der Waals surface area contributed by atoms with Gasteiger partial charge in [0, 0.05) is 11.8 Å². The second-order valence-corrected chi connectivity index (χ2v) is 6.07. The summed E-state index contributed by atoms with van der Waals surface area (Å²) >= 11 is 0. The fourth-order valence-corrected chi connectivity index (χ4v) is 2.85. The van der Waals surface area contributed by atoms with Crippen molar-refractivity contribution in [3.63, 3.8) is 0 Å². The third-order valence-electron chi connectivity index (χ3n) is 4.20. The molecule has 2 aromatic carbocycles. The Morgan fingerprint density at radius 2 is 1.88 bits per heavy atom. The van der Waals surface area contributed by atoms with E-state index in [0.717, 1.165) is 10.9 Å². The molecule has 0 saturated carbocycles. The van der Waals surface area contributed by atoms with Gasteiger partial charge in [0.25, 0.3) is 0 Å². The lowest BCUT2D eigenvalue weighted by atomic mass is 9.92. The van der Waals surface area contributed by atoms with Crippen molar-refractivity contribution in [2.24, 2.45) is 5.92 Å². The summed E-state index contributed by atoms with van der Waals surface area (Å²) in [5.74, 6) is -2.22. The highest BCUT2D eigenvalue weighted by Gasteiger charge is 2.23. The van der Waals surface area contributed by atoms with E-state index in [1.165, 1.54) is 0 Å². The van der Waals surface area contributed by atoms with E-state index in [2.05, 4.69) is 4.98 Å². The molecule has 3 rings (SSSR count). The van der Waals surface area contributed by atoms with E-state index in [4.69, 9.17) is 5.26 Å². The summed E-state index contributed by atoms with van der Waals surface area (Å²) in [5.41, 5.74) is 2.15. The molecule has 1 unspecified atom stereocenters. The Hall–Kier alpha value is -3.52. The van der Waals surface area contributed by atoms with E-state index >= 15 is 0 Å². The number of carbonyl (C=O) groups is 2. The molecule has 1 atom stereocenters. The molecule has 3 aromatic rings. The van der Waals surface area contributed by atoms with Crippen LogP contribution >= 0.6 is 0 Å². The Labute approximate surface area is 150 Å². The average molecular weight is 344 g/mol. The van der Waals surface area contributed by atoms with Crippen molar-refractivity contribution in [1.82, 2.24) is 4.98 Å². The number of hydrogen-bond donors (Lipinski definition) is 1. The Bertz CT molecular complexity index is 1020. The van der Waals surface area contributed by atoms with Crippen molar-refractivity contribution in [3.05, 3.63) is 77.5 Å². The second kappa shape index (κ2) is 7.58. The maximum absolute atomic E-state index is 12.5. The number of aromatic nitrogens is 1. The van der Waals surface area contributed by atoms with Crippen LogP contribution in [0.1, 0.15) is 28.0 Å². The Kier molecular flexibility index (Phi) is 5.04. The predicted octanol–water partition coefficient (Wildman–Crippen LogP) is 3.62. The van der Waals surface area contributed by atoms with Gasteiger partial charge in [0.1, 0.15) is 5.69 Å². The average Bonchev–Trinajstić information content (AvgIpc) is 2.67. The molecular formula is C21H16N2O3. The fourth-order valence-electron chi connectivity index (χ4n) is 2.85. The predicted molar refractivity (Wildman–Crippen MR) is 96.7 cm³/mol. The number of carboxylic acid groups (broad SMARTS) is 1. The molecule has 128 valence electrons. The number of fused-ring (bicyclic) bond motifs is 1. The van der Waals surface area contributed by atoms with Gasteiger partial charge in [0.15, 0.2) is 5.78 Å². The third-order valence-corrected chi connectivity index (χ3v) is 4.20. The van der Waals surface area contributed by atoms with Gasteiger partial charge in [-0.05, 0) is 36.2 Å². The van der Waals surface area contributed by atoms with Crippen LogP contribution in [0.4, 0.5) is 0 Å². The van der Waals surface area contributed by atoms with E-state index in [1.807, 2.05) is 36.4 Å².